The quantitative estimate of drug-likeness (QED) is 0.615. The molecule has 19 heavy (non-hydrogen) atoms. The Kier molecular flexibility index (Phi) is 3.86. The first-order valence-electron chi connectivity index (χ1n) is 6.39. The van der Waals surface area contributed by atoms with E-state index in [4.69, 9.17) is 10.5 Å². The fourth-order valence-electron chi connectivity index (χ4n) is 2.47. The van der Waals surface area contributed by atoms with E-state index in [9.17, 15) is 14.4 Å². The minimum atomic E-state index is -0.753. The highest BCUT2D eigenvalue weighted by Gasteiger charge is 2.43. The lowest BCUT2D eigenvalue weighted by Crippen LogP contribution is -2.53. The fourth-order valence-corrected chi connectivity index (χ4v) is 2.47. The summed E-state index contributed by atoms with van der Waals surface area (Å²) in [5.41, 5.74) is 5.05. The lowest BCUT2D eigenvalue weighted by molar-refractivity contribution is -0.141. The van der Waals surface area contributed by atoms with Gasteiger partial charge in [-0.05, 0) is 12.8 Å². The molecule has 1 atom stereocenters. The number of imide groups is 1. The standard InChI is InChI=1S/C12H19N3O4/c1-15-9(16)6-8(10(15)17)14-11(18)12(7-13)2-4-19-5-3-12/h8H,2-7,13H2,1H3,(H,14,18). The molecule has 0 aromatic heterocycles. The number of carbonyl (C=O) groups excluding carboxylic acids is 3. The van der Waals surface area contributed by atoms with Gasteiger partial charge in [-0.15, -0.1) is 0 Å². The molecule has 2 heterocycles. The van der Waals surface area contributed by atoms with Crippen LogP contribution in [0.5, 0.6) is 0 Å². The second-order valence-electron chi connectivity index (χ2n) is 5.12. The minimum Gasteiger partial charge on any atom is -0.381 e. The van der Waals surface area contributed by atoms with Crippen molar-refractivity contribution in [3.05, 3.63) is 0 Å². The van der Waals surface area contributed by atoms with E-state index in [1.54, 1.807) is 0 Å². The first-order valence-corrected chi connectivity index (χ1v) is 6.39. The van der Waals surface area contributed by atoms with Crippen molar-refractivity contribution in [3.63, 3.8) is 0 Å². The number of likely N-dealkylation sites (N-methyl/N-ethyl adjacent to an activating group) is 1. The Labute approximate surface area is 111 Å². The van der Waals surface area contributed by atoms with Crippen molar-refractivity contribution in [3.8, 4) is 0 Å². The van der Waals surface area contributed by atoms with Crippen molar-refractivity contribution in [1.29, 1.82) is 0 Å². The van der Waals surface area contributed by atoms with Gasteiger partial charge in [-0.3, -0.25) is 19.3 Å². The number of nitrogens with one attached hydrogen (secondary N) is 1. The van der Waals surface area contributed by atoms with Crippen LogP contribution in [0.25, 0.3) is 0 Å². The average Bonchev–Trinajstić information content (AvgIpc) is 2.67. The molecule has 0 bridgehead atoms. The largest absolute Gasteiger partial charge is 0.381 e. The van der Waals surface area contributed by atoms with Gasteiger partial charge in [0.25, 0.3) is 5.91 Å². The van der Waals surface area contributed by atoms with Crippen LogP contribution in [0.2, 0.25) is 0 Å². The molecule has 2 fully saturated rings. The van der Waals surface area contributed by atoms with Crippen LogP contribution in [0.1, 0.15) is 19.3 Å². The number of nitrogens with zero attached hydrogens (tertiary/aromatic N) is 1. The Morgan fingerprint density at radius 2 is 2.11 bits per heavy atom. The molecule has 0 radical (unpaired) electrons. The van der Waals surface area contributed by atoms with E-state index in [-0.39, 0.29) is 30.7 Å². The van der Waals surface area contributed by atoms with E-state index in [2.05, 4.69) is 5.32 Å². The van der Waals surface area contributed by atoms with Crippen LogP contribution >= 0.6 is 0 Å². The van der Waals surface area contributed by atoms with Crippen molar-refractivity contribution in [2.75, 3.05) is 26.8 Å². The van der Waals surface area contributed by atoms with Crippen LogP contribution in [-0.4, -0.2) is 55.5 Å². The predicted molar refractivity (Wildman–Crippen MR) is 65.9 cm³/mol. The third kappa shape index (κ3) is 2.48. The van der Waals surface area contributed by atoms with Gasteiger partial charge in [0, 0.05) is 26.8 Å². The lowest BCUT2D eigenvalue weighted by Gasteiger charge is -2.35. The number of amides is 3. The molecule has 0 aromatic rings. The summed E-state index contributed by atoms with van der Waals surface area (Å²) < 4.78 is 5.24. The first-order chi connectivity index (χ1) is 9.00. The van der Waals surface area contributed by atoms with Gasteiger partial charge in [0.15, 0.2) is 0 Å². The number of nitrogens with two attached hydrogens (primary N) is 1. The van der Waals surface area contributed by atoms with Crippen molar-refractivity contribution in [1.82, 2.24) is 10.2 Å². The summed E-state index contributed by atoms with van der Waals surface area (Å²) in [5, 5.41) is 2.66. The average molecular weight is 269 g/mol. The summed E-state index contributed by atoms with van der Waals surface area (Å²) in [6.07, 6.45) is 1.11. The van der Waals surface area contributed by atoms with E-state index >= 15 is 0 Å². The van der Waals surface area contributed by atoms with E-state index in [1.165, 1.54) is 7.05 Å². The molecule has 2 aliphatic heterocycles. The zero-order valence-corrected chi connectivity index (χ0v) is 11.0. The molecule has 0 aromatic carbocycles. The monoisotopic (exact) mass is 269 g/mol. The van der Waals surface area contributed by atoms with Crippen molar-refractivity contribution in [2.24, 2.45) is 11.1 Å². The van der Waals surface area contributed by atoms with E-state index in [0.717, 1.165) is 4.90 Å². The third-order valence-corrected chi connectivity index (χ3v) is 4.01. The van der Waals surface area contributed by atoms with Gasteiger partial charge in [-0.2, -0.15) is 0 Å². The minimum absolute atomic E-state index is 0.0260. The molecule has 7 nitrogen and oxygen atoms in total. The zero-order chi connectivity index (χ0) is 14.0. The van der Waals surface area contributed by atoms with E-state index in [1.807, 2.05) is 0 Å². The molecule has 2 aliphatic rings. The van der Waals surface area contributed by atoms with E-state index in [0.29, 0.717) is 26.1 Å². The number of carbonyl (C=O) groups is 3. The summed E-state index contributed by atoms with van der Waals surface area (Å²) in [6.45, 7) is 1.19. The smallest absolute Gasteiger partial charge is 0.252 e. The van der Waals surface area contributed by atoms with Gasteiger partial charge in [0.2, 0.25) is 11.8 Å². The zero-order valence-electron chi connectivity index (χ0n) is 11.0. The fraction of sp³-hybridized carbons (Fsp3) is 0.750. The summed E-state index contributed by atoms with van der Waals surface area (Å²) in [4.78, 5) is 36.6. The number of ether oxygens (including phenoxy) is 1. The van der Waals surface area contributed by atoms with Crippen LogP contribution in [-0.2, 0) is 19.1 Å². The molecule has 0 spiro atoms. The summed E-state index contributed by atoms with van der Waals surface area (Å²) in [6, 6.07) is -0.753. The summed E-state index contributed by atoms with van der Waals surface area (Å²) >= 11 is 0. The van der Waals surface area contributed by atoms with Gasteiger partial charge < -0.3 is 15.8 Å². The van der Waals surface area contributed by atoms with Crippen LogP contribution in [0.4, 0.5) is 0 Å². The second kappa shape index (κ2) is 5.26. The van der Waals surface area contributed by atoms with Crippen molar-refractivity contribution < 1.29 is 19.1 Å². The molecule has 7 heteroatoms. The molecule has 0 aliphatic carbocycles. The third-order valence-electron chi connectivity index (χ3n) is 4.01. The molecule has 2 rings (SSSR count). The van der Waals surface area contributed by atoms with Gasteiger partial charge in [0.1, 0.15) is 6.04 Å². The molecule has 106 valence electrons. The maximum Gasteiger partial charge on any atom is 0.252 e. The molecular weight excluding hydrogens is 250 g/mol. The van der Waals surface area contributed by atoms with Crippen LogP contribution in [0, 0.1) is 5.41 Å². The van der Waals surface area contributed by atoms with Gasteiger partial charge in [-0.25, -0.2) is 0 Å². The number of hydrogen-bond acceptors (Lipinski definition) is 5. The molecule has 0 saturated carbocycles. The van der Waals surface area contributed by atoms with Crippen molar-refractivity contribution >= 4 is 17.7 Å². The Morgan fingerprint density at radius 1 is 1.47 bits per heavy atom. The summed E-state index contributed by atoms with van der Waals surface area (Å²) in [5.74, 6) is -0.888. The van der Waals surface area contributed by atoms with Crippen molar-refractivity contribution in [2.45, 2.75) is 25.3 Å². The van der Waals surface area contributed by atoms with Crippen LogP contribution in [0.15, 0.2) is 0 Å². The number of rotatable bonds is 3. The van der Waals surface area contributed by atoms with Gasteiger partial charge in [-0.1, -0.05) is 0 Å². The predicted octanol–water partition coefficient (Wildman–Crippen LogP) is -1.38. The van der Waals surface area contributed by atoms with Crippen LogP contribution < -0.4 is 11.1 Å². The topological polar surface area (TPSA) is 102 Å². The number of likely N-dealkylation sites (tertiary alicyclic amines) is 1. The normalized spacial score (nSPS) is 26.6. The number of hydrogen-bond donors (Lipinski definition) is 2. The summed E-state index contributed by atoms with van der Waals surface area (Å²) in [7, 11) is 1.42. The SMILES string of the molecule is CN1C(=O)CC(NC(=O)C2(CN)CCOCC2)C1=O. The Morgan fingerprint density at radius 3 is 2.58 bits per heavy atom. The maximum atomic E-state index is 12.3. The lowest BCUT2D eigenvalue weighted by atomic mass is 9.79. The molecule has 2 saturated heterocycles. The second-order valence-corrected chi connectivity index (χ2v) is 5.12. The van der Waals surface area contributed by atoms with E-state index < -0.39 is 11.5 Å². The highest BCUT2D eigenvalue weighted by Crippen LogP contribution is 2.30. The van der Waals surface area contributed by atoms with Gasteiger partial charge in [0.05, 0.1) is 11.8 Å². The Hall–Kier alpha value is -1.47. The molecule has 3 amide bonds. The highest BCUT2D eigenvalue weighted by atomic mass is 16.5. The molecule has 3 N–H and O–H groups in total. The molecule has 1 unspecified atom stereocenters. The van der Waals surface area contributed by atoms with Crippen LogP contribution in [0.3, 0.4) is 0 Å². The van der Waals surface area contributed by atoms with Gasteiger partial charge >= 0.3 is 0 Å². The maximum absolute atomic E-state index is 12.3. The molecular formula is C12H19N3O4. The Balaban J connectivity index is 2.04. The first kappa shape index (κ1) is 14.0. The highest BCUT2D eigenvalue weighted by molar-refractivity contribution is 6.06. The Bertz CT molecular complexity index is 404.